The first-order valence-corrected chi connectivity index (χ1v) is 2.93. The molecule has 0 heterocycles. The summed E-state index contributed by atoms with van der Waals surface area (Å²) in [5.74, 6) is 0. The molecule has 0 aromatic heterocycles. The lowest BCUT2D eigenvalue weighted by Crippen LogP contribution is -1.87. The SMILES string of the molecule is O=S(=O)(O)N=C=S. The number of nitrogens with zero attached hydrogens (tertiary/aromatic N) is 1. The van der Waals surface area contributed by atoms with Gasteiger partial charge in [0.2, 0.25) is 0 Å². The van der Waals surface area contributed by atoms with Crippen molar-refractivity contribution in [3.63, 3.8) is 0 Å². The van der Waals surface area contributed by atoms with Crippen LogP contribution in [0.5, 0.6) is 0 Å². The predicted molar refractivity (Wildman–Crippen MR) is 26.6 cm³/mol. The Labute approximate surface area is 45.8 Å². The van der Waals surface area contributed by atoms with E-state index in [1.165, 1.54) is 5.16 Å². The van der Waals surface area contributed by atoms with Crippen LogP contribution in [0.25, 0.3) is 0 Å². The van der Waals surface area contributed by atoms with E-state index in [0.717, 1.165) is 0 Å². The molecule has 6 heteroatoms. The highest BCUT2D eigenvalue weighted by molar-refractivity contribution is 7.85. The van der Waals surface area contributed by atoms with Gasteiger partial charge in [-0.25, -0.2) is 0 Å². The number of isothiocyanates is 1. The third kappa shape index (κ3) is 5.71. The summed E-state index contributed by atoms with van der Waals surface area (Å²) in [6.07, 6.45) is 0. The molecular weight excluding hydrogens is 138 g/mol. The zero-order valence-electron chi connectivity index (χ0n) is 3.03. The van der Waals surface area contributed by atoms with Gasteiger partial charge in [-0.05, 0) is 12.2 Å². The summed E-state index contributed by atoms with van der Waals surface area (Å²) in [5.41, 5.74) is 0. The van der Waals surface area contributed by atoms with Crippen molar-refractivity contribution in [1.82, 2.24) is 0 Å². The molecular formula is CHNO3S2. The van der Waals surface area contributed by atoms with Gasteiger partial charge in [-0.3, -0.25) is 4.55 Å². The number of hydrogen-bond acceptors (Lipinski definition) is 3. The molecule has 0 bridgehead atoms. The lowest BCUT2D eigenvalue weighted by molar-refractivity contribution is 0.485. The molecule has 0 radical (unpaired) electrons. The Bertz CT molecular complexity index is 185. The second kappa shape index (κ2) is 2.13. The minimum atomic E-state index is -4.26. The van der Waals surface area contributed by atoms with E-state index in [-0.39, 0.29) is 0 Å². The molecule has 1 N–H and O–H groups in total. The monoisotopic (exact) mass is 139 g/mol. The molecule has 4 nitrogen and oxygen atoms in total. The van der Waals surface area contributed by atoms with Crippen LogP contribution in [0.3, 0.4) is 0 Å². The smallest absolute Gasteiger partial charge is 0.267 e. The van der Waals surface area contributed by atoms with E-state index < -0.39 is 10.3 Å². The van der Waals surface area contributed by atoms with Gasteiger partial charge < -0.3 is 0 Å². The lowest BCUT2D eigenvalue weighted by Gasteiger charge is -1.72. The van der Waals surface area contributed by atoms with Crippen LogP contribution in [0.15, 0.2) is 4.40 Å². The standard InChI is InChI=1S/CHNO3S2/c3-7(4,5)2-1-6/h(H,3,4,5). The molecule has 0 spiro atoms. The zero-order valence-corrected chi connectivity index (χ0v) is 4.66. The highest BCUT2D eigenvalue weighted by Crippen LogP contribution is 1.76. The first-order chi connectivity index (χ1) is 3.06. The molecule has 0 aromatic carbocycles. The topological polar surface area (TPSA) is 66.7 Å². The van der Waals surface area contributed by atoms with E-state index in [0.29, 0.717) is 0 Å². The maximum Gasteiger partial charge on any atom is 0.386 e. The Balaban J connectivity index is 4.44. The highest BCUT2D eigenvalue weighted by Gasteiger charge is 1.92. The molecule has 0 rings (SSSR count). The Hall–Kier alpha value is -0.290. The number of rotatable bonds is 1. The molecule has 0 fully saturated rings. The lowest BCUT2D eigenvalue weighted by atomic mass is 11.8. The molecule has 0 amide bonds. The van der Waals surface area contributed by atoms with Gasteiger partial charge in [0.1, 0.15) is 0 Å². The third-order valence-electron chi connectivity index (χ3n) is 0.153. The molecule has 0 saturated heterocycles. The van der Waals surface area contributed by atoms with Gasteiger partial charge in [0, 0.05) is 0 Å². The van der Waals surface area contributed by atoms with Crippen LogP contribution >= 0.6 is 12.2 Å². The summed E-state index contributed by atoms with van der Waals surface area (Å²) in [7, 11) is -4.26. The molecule has 0 atom stereocenters. The fourth-order valence-electron chi connectivity index (χ4n) is 0.0471. The van der Waals surface area contributed by atoms with Crippen LogP contribution in [-0.4, -0.2) is 18.1 Å². The van der Waals surface area contributed by atoms with E-state index in [1.54, 1.807) is 0 Å². The maximum atomic E-state index is 9.49. The van der Waals surface area contributed by atoms with Crippen molar-refractivity contribution in [2.75, 3.05) is 0 Å². The first kappa shape index (κ1) is 6.71. The second-order valence-electron chi connectivity index (χ2n) is 0.630. The highest BCUT2D eigenvalue weighted by atomic mass is 32.2. The van der Waals surface area contributed by atoms with Crippen LogP contribution in [0, 0.1) is 0 Å². The zero-order chi connectivity index (χ0) is 5.91. The number of thiocarbonyl (C=S) groups is 1. The van der Waals surface area contributed by atoms with Gasteiger partial charge in [0.25, 0.3) is 0 Å². The summed E-state index contributed by atoms with van der Waals surface area (Å²) in [6, 6.07) is 0. The van der Waals surface area contributed by atoms with Crippen molar-refractivity contribution in [1.29, 1.82) is 0 Å². The molecule has 7 heavy (non-hydrogen) atoms. The van der Waals surface area contributed by atoms with Crippen LogP contribution in [-0.2, 0) is 10.3 Å². The Morgan fingerprint density at radius 1 is 1.71 bits per heavy atom. The van der Waals surface area contributed by atoms with Crippen molar-refractivity contribution in [3.05, 3.63) is 0 Å². The molecule has 0 aliphatic rings. The van der Waals surface area contributed by atoms with Crippen LogP contribution in [0.1, 0.15) is 0 Å². The van der Waals surface area contributed by atoms with Gasteiger partial charge in [-0.2, -0.15) is 8.42 Å². The van der Waals surface area contributed by atoms with E-state index in [2.05, 4.69) is 16.6 Å². The summed E-state index contributed by atoms with van der Waals surface area (Å²) >= 11 is 3.84. The van der Waals surface area contributed by atoms with E-state index >= 15 is 0 Å². The molecule has 0 aromatic rings. The third-order valence-corrected chi connectivity index (χ3v) is 0.681. The molecule has 0 unspecified atom stereocenters. The Morgan fingerprint density at radius 3 is 2.14 bits per heavy atom. The summed E-state index contributed by atoms with van der Waals surface area (Å²) in [4.78, 5) is 0. The van der Waals surface area contributed by atoms with Crippen molar-refractivity contribution >= 4 is 27.7 Å². The Kier molecular flexibility index (Phi) is 2.04. The van der Waals surface area contributed by atoms with Crippen molar-refractivity contribution in [2.45, 2.75) is 0 Å². The predicted octanol–water partition coefficient (Wildman–Crippen LogP) is -0.108. The van der Waals surface area contributed by atoms with Gasteiger partial charge in [-0.15, -0.1) is 0 Å². The van der Waals surface area contributed by atoms with Gasteiger partial charge in [-0.1, -0.05) is 4.40 Å². The van der Waals surface area contributed by atoms with Gasteiger partial charge in [0.05, 0.1) is 5.16 Å². The molecule has 0 saturated carbocycles. The fraction of sp³-hybridized carbons (Fsp3) is 0. The average molecular weight is 139 g/mol. The van der Waals surface area contributed by atoms with Gasteiger partial charge >= 0.3 is 10.3 Å². The second-order valence-corrected chi connectivity index (χ2v) is 1.89. The van der Waals surface area contributed by atoms with Crippen molar-refractivity contribution < 1.29 is 13.0 Å². The van der Waals surface area contributed by atoms with Crippen molar-refractivity contribution in [2.24, 2.45) is 4.40 Å². The maximum absolute atomic E-state index is 9.49. The van der Waals surface area contributed by atoms with Gasteiger partial charge in [0.15, 0.2) is 0 Å². The molecule has 0 aliphatic heterocycles. The quantitative estimate of drug-likeness (QED) is 0.313. The van der Waals surface area contributed by atoms with E-state index in [4.69, 9.17) is 4.55 Å². The summed E-state index contributed by atoms with van der Waals surface area (Å²) < 4.78 is 29.0. The average Bonchev–Trinajstić information content (AvgIpc) is 1.30. The van der Waals surface area contributed by atoms with E-state index in [9.17, 15) is 8.42 Å². The van der Waals surface area contributed by atoms with Crippen LogP contribution in [0.4, 0.5) is 0 Å². The van der Waals surface area contributed by atoms with Crippen LogP contribution < -0.4 is 0 Å². The molecule has 0 aliphatic carbocycles. The Morgan fingerprint density at radius 2 is 2.14 bits per heavy atom. The van der Waals surface area contributed by atoms with Crippen molar-refractivity contribution in [3.8, 4) is 0 Å². The summed E-state index contributed by atoms with van der Waals surface area (Å²) in [5, 5.41) is 1.48. The minimum absolute atomic E-state index is 1.48. The number of hydrogen-bond donors (Lipinski definition) is 1. The fourth-order valence-corrected chi connectivity index (χ4v) is 0.424. The van der Waals surface area contributed by atoms with E-state index in [1.807, 2.05) is 0 Å². The van der Waals surface area contributed by atoms with Crippen LogP contribution in [0.2, 0.25) is 0 Å². The largest absolute Gasteiger partial charge is 0.386 e. The molecule has 40 valence electrons. The first-order valence-electron chi connectivity index (χ1n) is 1.13. The normalized spacial score (nSPS) is 9.86. The minimum Gasteiger partial charge on any atom is -0.267 e. The summed E-state index contributed by atoms with van der Waals surface area (Å²) in [6.45, 7) is 0.